The average Bonchev–Trinajstić information content (AvgIpc) is 2.14. The molecule has 1 rings (SSSR count). The average molecular weight is 266 g/mol. The largest absolute Gasteiger partial charge is 0.243 e. The van der Waals surface area contributed by atoms with E-state index in [1.807, 2.05) is 0 Å². The van der Waals surface area contributed by atoms with E-state index in [1.54, 1.807) is 13.8 Å². The molecule has 16 heavy (non-hydrogen) atoms. The molecule has 0 spiro atoms. The lowest BCUT2D eigenvalue weighted by molar-refractivity contribution is 0.548. The molecule has 0 saturated carbocycles. The van der Waals surface area contributed by atoms with E-state index in [0.717, 1.165) is 6.07 Å². The van der Waals surface area contributed by atoms with Crippen LogP contribution >= 0.6 is 11.6 Å². The van der Waals surface area contributed by atoms with E-state index >= 15 is 0 Å². The number of benzene rings is 1. The molecule has 0 amide bonds. The van der Waals surface area contributed by atoms with Gasteiger partial charge in [-0.25, -0.2) is 17.5 Å². The van der Waals surface area contributed by atoms with Crippen LogP contribution < -0.4 is 4.72 Å². The van der Waals surface area contributed by atoms with Gasteiger partial charge < -0.3 is 0 Å². The van der Waals surface area contributed by atoms with Crippen molar-refractivity contribution in [3.63, 3.8) is 0 Å². The van der Waals surface area contributed by atoms with E-state index in [1.165, 1.54) is 12.1 Å². The quantitative estimate of drug-likeness (QED) is 0.849. The van der Waals surface area contributed by atoms with Crippen molar-refractivity contribution in [1.82, 2.24) is 4.72 Å². The summed E-state index contributed by atoms with van der Waals surface area (Å²) in [7, 11) is -3.78. The second-order valence-corrected chi connectivity index (χ2v) is 5.62. The Hall–Kier alpha value is -0.650. The monoisotopic (exact) mass is 265 g/mol. The summed E-state index contributed by atoms with van der Waals surface area (Å²) in [6, 6.07) is 3.56. The summed E-state index contributed by atoms with van der Waals surface area (Å²) in [5, 5.41) is 0. The zero-order valence-electron chi connectivity index (χ0n) is 9.00. The maximum Gasteiger partial charge on any atom is 0.243 e. The minimum absolute atomic E-state index is 0.148. The first-order chi connectivity index (χ1) is 7.36. The van der Waals surface area contributed by atoms with Crippen LogP contribution in [0, 0.1) is 5.82 Å². The standard InChI is InChI=1S/C10H13ClFNO2S/c1-7(2)13-16(14,15)10-4-3-8(6-11)5-9(10)12/h3-5,7,13H,6H2,1-2H3. The third-order valence-electron chi connectivity index (χ3n) is 1.83. The Morgan fingerprint density at radius 2 is 2.06 bits per heavy atom. The molecule has 90 valence electrons. The molecule has 1 aromatic rings. The van der Waals surface area contributed by atoms with Crippen LogP contribution in [0.2, 0.25) is 0 Å². The summed E-state index contributed by atoms with van der Waals surface area (Å²) in [6.45, 7) is 3.34. The van der Waals surface area contributed by atoms with Crippen molar-refractivity contribution < 1.29 is 12.8 Å². The minimum atomic E-state index is -3.78. The molecule has 0 aliphatic rings. The molecule has 1 N–H and O–H groups in total. The molecule has 0 aliphatic heterocycles. The molecule has 0 aliphatic carbocycles. The van der Waals surface area contributed by atoms with Crippen LogP contribution in [-0.2, 0) is 15.9 Å². The van der Waals surface area contributed by atoms with Crippen molar-refractivity contribution in [3.05, 3.63) is 29.6 Å². The highest BCUT2D eigenvalue weighted by Crippen LogP contribution is 2.17. The van der Waals surface area contributed by atoms with Crippen LogP contribution in [-0.4, -0.2) is 14.5 Å². The molecule has 0 atom stereocenters. The van der Waals surface area contributed by atoms with Gasteiger partial charge in [0, 0.05) is 11.9 Å². The third-order valence-corrected chi connectivity index (χ3v) is 3.83. The molecule has 0 saturated heterocycles. The highest BCUT2D eigenvalue weighted by atomic mass is 35.5. The smallest absolute Gasteiger partial charge is 0.209 e. The lowest BCUT2D eigenvalue weighted by atomic mass is 10.2. The van der Waals surface area contributed by atoms with E-state index < -0.39 is 15.8 Å². The van der Waals surface area contributed by atoms with Crippen LogP contribution in [0.3, 0.4) is 0 Å². The molecular formula is C10H13ClFNO2S. The van der Waals surface area contributed by atoms with Gasteiger partial charge in [0.25, 0.3) is 0 Å². The topological polar surface area (TPSA) is 46.2 Å². The molecule has 0 unspecified atom stereocenters. The van der Waals surface area contributed by atoms with E-state index in [0.29, 0.717) is 5.56 Å². The van der Waals surface area contributed by atoms with E-state index in [2.05, 4.69) is 4.72 Å². The molecule has 0 bridgehead atoms. The zero-order chi connectivity index (χ0) is 12.3. The van der Waals surface area contributed by atoms with Gasteiger partial charge in [-0.1, -0.05) is 6.07 Å². The molecule has 0 aromatic heterocycles. The number of hydrogen-bond donors (Lipinski definition) is 1. The van der Waals surface area contributed by atoms with Crippen LogP contribution in [0.5, 0.6) is 0 Å². The van der Waals surface area contributed by atoms with Gasteiger partial charge in [0.15, 0.2) is 0 Å². The fourth-order valence-corrected chi connectivity index (χ4v) is 2.70. The number of alkyl halides is 1. The number of halogens is 2. The first kappa shape index (κ1) is 13.4. The van der Waals surface area contributed by atoms with Crippen molar-refractivity contribution >= 4 is 21.6 Å². The summed E-state index contributed by atoms with van der Waals surface area (Å²) < 4.78 is 39.2. The zero-order valence-corrected chi connectivity index (χ0v) is 10.6. The summed E-state index contributed by atoms with van der Waals surface area (Å²) in [5.74, 6) is -0.638. The molecule has 0 heterocycles. The van der Waals surface area contributed by atoms with Crippen molar-refractivity contribution in [3.8, 4) is 0 Å². The molecule has 0 fully saturated rings. The number of hydrogen-bond acceptors (Lipinski definition) is 2. The van der Waals surface area contributed by atoms with Gasteiger partial charge in [-0.05, 0) is 31.5 Å². The Morgan fingerprint density at radius 3 is 2.50 bits per heavy atom. The van der Waals surface area contributed by atoms with Gasteiger partial charge in [0.05, 0.1) is 0 Å². The Balaban J connectivity index is 3.14. The van der Waals surface area contributed by atoms with E-state index in [-0.39, 0.29) is 16.8 Å². The highest BCUT2D eigenvalue weighted by Gasteiger charge is 2.19. The van der Waals surface area contributed by atoms with Crippen molar-refractivity contribution in [1.29, 1.82) is 0 Å². The molecule has 6 heteroatoms. The van der Waals surface area contributed by atoms with Gasteiger partial charge in [-0.2, -0.15) is 0 Å². The lowest BCUT2D eigenvalue weighted by Crippen LogP contribution is -2.30. The third kappa shape index (κ3) is 3.17. The predicted molar refractivity (Wildman–Crippen MR) is 61.4 cm³/mol. The van der Waals surface area contributed by atoms with Gasteiger partial charge in [-0.3, -0.25) is 0 Å². The maximum absolute atomic E-state index is 13.5. The Bertz CT molecular complexity index is 474. The van der Waals surface area contributed by atoms with Gasteiger partial charge in [-0.15, -0.1) is 11.6 Å². The van der Waals surface area contributed by atoms with Crippen LogP contribution in [0.1, 0.15) is 19.4 Å². The first-order valence-electron chi connectivity index (χ1n) is 4.73. The second kappa shape index (κ2) is 5.12. The fourth-order valence-electron chi connectivity index (χ4n) is 1.22. The van der Waals surface area contributed by atoms with Crippen LogP contribution in [0.15, 0.2) is 23.1 Å². The van der Waals surface area contributed by atoms with Gasteiger partial charge in [0.1, 0.15) is 10.7 Å². The van der Waals surface area contributed by atoms with Crippen LogP contribution in [0.25, 0.3) is 0 Å². The first-order valence-corrected chi connectivity index (χ1v) is 6.75. The van der Waals surface area contributed by atoms with Crippen molar-refractivity contribution in [2.75, 3.05) is 0 Å². The minimum Gasteiger partial charge on any atom is -0.209 e. The Kier molecular flexibility index (Phi) is 4.29. The normalized spacial score (nSPS) is 12.1. The molecule has 0 radical (unpaired) electrons. The molecule has 3 nitrogen and oxygen atoms in total. The van der Waals surface area contributed by atoms with Gasteiger partial charge >= 0.3 is 0 Å². The Morgan fingerprint density at radius 1 is 1.44 bits per heavy atom. The highest BCUT2D eigenvalue weighted by molar-refractivity contribution is 7.89. The van der Waals surface area contributed by atoms with Crippen LogP contribution in [0.4, 0.5) is 4.39 Å². The number of nitrogens with one attached hydrogen (secondary N) is 1. The number of sulfonamides is 1. The summed E-state index contributed by atoms with van der Waals surface area (Å²) >= 11 is 5.52. The van der Waals surface area contributed by atoms with Crippen molar-refractivity contribution in [2.45, 2.75) is 30.7 Å². The van der Waals surface area contributed by atoms with E-state index in [9.17, 15) is 12.8 Å². The summed E-state index contributed by atoms with van der Waals surface area (Å²) in [6.07, 6.45) is 0. The second-order valence-electron chi connectivity index (χ2n) is 3.67. The molecular weight excluding hydrogens is 253 g/mol. The summed E-state index contributed by atoms with van der Waals surface area (Å²) in [4.78, 5) is -0.352. The SMILES string of the molecule is CC(C)NS(=O)(=O)c1ccc(CCl)cc1F. The molecule has 1 aromatic carbocycles. The van der Waals surface area contributed by atoms with Gasteiger partial charge in [0.2, 0.25) is 10.0 Å². The predicted octanol–water partition coefficient (Wildman–Crippen LogP) is 2.25. The maximum atomic E-state index is 13.5. The fraction of sp³-hybridized carbons (Fsp3) is 0.400. The lowest BCUT2D eigenvalue weighted by Gasteiger charge is -2.10. The number of rotatable bonds is 4. The van der Waals surface area contributed by atoms with Crippen molar-refractivity contribution in [2.24, 2.45) is 0 Å². The van der Waals surface area contributed by atoms with E-state index in [4.69, 9.17) is 11.6 Å². The summed E-state index contributed by atoms with van der Waals surface area (Å²) in [5.41, 5.74) is 0.544. The Labute approximate surface area is 99.7 Å².